The second-order valence-electron chi connectivity index (χ2n) is 6.60. The van der Waals surface area contributed by atoms with E-state index < -0.39 is 0 Å². The summed E-state index contributed by atoms with van der Waals surface area (Å²) >= 11 is 0. The molecule has 5 nitrogen and oxygen atoms in total. The van der Waals surface area contributed by atoms with Gasteiger partial charge in [0.25, 0.3) is 0 Å². The highest BCUT2D eigenvalue weighted by molar-refractivity contribution is 14.0. The number of nitrogens with one attached hydrogen (secondary N) is 2. The largest absolute Gasteiger partial charge is 0.363 e. The number of halogens is 1. The van der Waals surface area contributed by atoms with Crippen LogP contribution in [0.15, 0.2) is 35.3 Å². The topological polar surface area (TPSA) is 52.6 Å². The summed E-state index contributed by atoms with van der Waals surface area (Å²) in [4.78, 5) is 11.1. The minimum absolute atomic E-state index is 0. The third-order valence-corrected chi connectivity index (χ3v) is 4.61. The number of fused-ring (bicyclic) bond motifs is 1. The number of rotatable bonds is 4. The molecule has 0 atom stereocenters. The molecule has 3 rings (SSSR count). The van der Waals surface area contributed by atoms with Crippen molar-refractivity contribution in [3.63, 3.8) is 0 Å². The van der Waals surface area contributed by atoms with E-state index in [0.717, 1.165) is 23.8 Å². The van der Waals surface area contributed by atoms with Gasteiger partial charge in [0.15, 0.2) is 5.96 Å². The summed E-state index contributed by atoms with van der Waals surface area (Å²) in [5.41, 5.74) is 2.26. The Morgan fingerprint density at radius 1 is 1.24 bits per heavy atom. The van der Waals surface area contributed by atoms with Crippen LogP contribution in [0.25, 0.3) is 10.9 Å². The zero-order chi connectivity index (χ0) is 16.9. The average Bonchev–Trinajstić information content (AvgIpc) is 3.11. The number of hydrogen-bond acceptors (Lipinski definition) is 3. The maximum Gasteiger partial charge on any atom is 0.191 e. The molecule has 0 amide bonds. The van der Waals surface area contributed by atoms with Crippen LogP contribution in [0.2, 0.25) is 0 Å². The molecule has 0 aliphatic heterocycles. The van der Waals surface area contributed by atoms with Crippen molar-refractivity contribution in [2.75, 3.05) is 26.0 Å². The van der Waals surface area contributed by atoms with E-state index >= 15 is 0 Å². The second kappa shape index (κ2) is 9.22. The van der Waals surface area contributed by atoms with Gasteiger partial charge in [-0.15, -0.1) is 24.0 Å². The second-order valence-corrected chi connectivity index (χ2v) is 6.60. The van der Waals surface area contributed by atoms with Crippen LogP contribution >= 0.6 is 24.0 Å². The summed E-state index contributed by atoms with van der Waals surface area (Å²) in [5, 5.41) is 8.18. The standard InChI is InChI=1S/C19H27N5.HI/c1-20-19(22-15-8-4-5-9-15)21-13-14-12-18(24(2)3)23-17-11-7-6-10-16(14)17;/h6-7,10-12,15H,4-5,8-9,13H2,1-3H3,(H2,20,21,22);1H. The first-order valence-electron chi connectivity index (χ1n) is 8.70. The summed E-state index contributed by atoms with van der Waals surface area (Å²) in [6, 6.07) is 11.0. The normalized spacial score (nSPS) is 15.1. The summed E-state index contributed by atoms with van der Waals surface area (Å²) in [5.74, 6) is 1.86. The Bertz CT molecular complexity index is 723. The van der Waals surface area contributed by atoms with Crippen molar-refractivity contribution in [2.45, 2.75) is 38.3 Å². The van der Waals surface area contributed by atoms with Gasteiger partial charge < -0.3 is 15.5 Å². The predicted molar refractivity (Wildman–Crippen MR) is 117 cm³/mol. The number of guanidine groups is 1. The van der Waals surface area contributed by atoms with Crippen molar-refractivity contribution < 1.29 is 0 Å². The maximum absolute atomic E-state index is 4.72. The van der Waals surface area contributed by atoms with Gasteiger partial charge in [-0.3, -0.25) is 4.99 Å². The lowest BCUT2D eigenvalue weighted by atomic mass is 10.1. The third-order valence-electron chi connectivity index (χ3n) is 4.61. The van der Waals surface area contributed by atoms with Crippen molar-refractivity contribution in [2.24, 2.45) is 4.99 Å². The van der Waals surface area contributed by atoms with E-state index in [4.69, 9.17) is 4.98 Å². The highest BCUT2D eigenvalue weighted by Gasteiger charge is 2.16. The van der Waals surface area contributed by atoms with Gasteiger partial charge in [-0.2, -0.15) is 0 Å². The molecule has 1 saturated carbocycles. The molecule has 25 heavy (non-hydrogen) atoms. The zero-order valence-electron chi connectivity index (χ0n) is 15.2. The molecule has 1 aliphatic rings. The molecular weight excluding hydrogens is 425 g/mol. The number of anilines is 1. The Hall–Kier alpha value is -1.57. The Labute approximate surface area is 167 Å². The average molecular weight is 453 g/mol. The lowest BCUT2D eigenvalue weighted by Crippen LogP contribution is -2.42. The maximum atomic E-state index is 4.72. The Kier molecular flexibility index (Phi) is 7.28. The monoisotopic (exact) mass is 453 g/mol. The summed E-state index contributed by atoms with van der Waals surface area (Å²) in [7, 11) is 5.88. The van der Waals surface area contributed by atoms with Crippen LogP contribution in [0, 0.1) is 0 Å². The van der Waals surface area contributed by atoms with E-state index in [0.29, 0.717) is 6.04 Å². The van der Waals surface area contributed by atoms with Crippen LogP contribution in [0.4, 0.5) is 5.82 Å². The highest BCUT2D eigenvalue weighted by atomic mass is 127. The van der Waals surface area contributed by atoms with Crippen molar-refractivity contribution in [1.29, 1.82) is 0 Å². The number of aromatic nitrogens is 1. The Morgan fingerprint density at radius 3 is 2.64 bits per heavy atom. The number of aliphatic imine (C=N–C) groups is 1. The lowest BCUT2D eigenvalue weighted by molar-refractivity contribution is 0.613. The number of para-hydroxylation sites is 1. The van der Waals surface area contributed by atoms with E-state index in [-0.39, 0.29) is 24.0 Å². The minimum Gasteiger partial charge on any atom is -0.363 e. The molecule has 136 valence electrons. The molecule has 0 radical (unpaired) electrons. The van der Waals surface area contributed by atoms with Gasteiger partial charge in [-0.25, -0.2) is 4.98 Å². The number of benzene rings is 1. The molecule has 1 fully saturated rings. The van der Waals surface area contributed by atoms with Gasteiger partial charge in [0.2, 0.25) is 0 Å². The van der Waals surface area contributed by atoms with Crippen LogP contribution < -0.4 is 15.5 Å². The molecule has 1 aromatic carbocycles. The van der Waals surface area contributed by atoms with Gasteiger partial charge in [0, 0.05) is 39.1 Å². The molecule has 0 spiro atoms. The van der Waals surface area contributed by atoms with E-state index in [2.05, 4.69) is 39.9 Å². The minimum atomic E-state index is 0. The molecule has 0 saturated heterocycles. The molecule has 1 aliphatic carbocycles. The quantitative estimate of drug-likeness (QED) is 0.423. The fourth-order valence-corrected chi connectivity index (χ4v) is 3.24. The molecule has 0 bridgehead atoms. The third kappa shape index (κ3) is 4.96. The SMILES string of the molecule is CN=C(NCc1cc(N(C)C)nc2ccccc12)NC1CCCC1.I. The van der Waals surface area contributed by atoms with E-state index in [1.165, 1.54) is 36.6 Å². The first-order chi connectivity index (χ1) is 11.7. The van der Waals surface area contributed by atoms with Crippen LogP contribution in [0.5, 0.6) is 0 Å². The van der Waals surface area contributed by atoms with Crippen LogP contribution in [-0.4, -0.2) is 38.1 Å². The van der Waals surface area contributed by atoms with Crippen LogP contribution in [0.3, 0.4) is 0 Å². The van der Waals surface area contributed by atoms with Crippen molar-refractivity contribution >= 4 is 46.7 Å². The summed E-state index contributed by atoms with van der Waals surface area (Å²) < 4.78 is 0. The van der Waals surface area contributed by atoms with E-state index in [9.17, 15) is 0 Å². The molecule has 1 aromatic heterocycles. The number of pyridine rings is 1. The molecule has 1 heterocycles. The van der Waals surface area contributed by atoms with Gasteiger partial charge in [0.1, 0.15) is 5.82 Å². The highest BCUT2D eigenvalue weighted by Crippen LogP contribution is 2.22. The molecular formula is C19H28IN5. The Morgan fingerprint density at radius 2 is 1.96 bits per heavy atom. The zero-order valence-corrected chi connectivity index (χ0v) is 17.6. The predicted octanol–water partition coefficient (Wildman–Crippen LogP) is 3.53. The van der Waals surface area contributed by atoms with Crippen LogP contribution in [0.1, 0.15) is 31.2 Å². The van der Waals surface area contributed by atoms with E-state index in [1.54, 1.807) is 0 Å². The fourth-order valence-electron chi connectivity index (χ4n) is 3.24. The first-order valence-corrected chi connectivity index (χ1v) is 8.70. The van der Waals surface area contributed by atoms with Crippen molar-refractivity contribution in [3.05, 3.63) is 35.9 Å². The van der Waals surface area contributed by atoms with Gasteiger partial charge in [-0.1, -0.05) is 31.0 Å². The van der Waals surface area contributed by atoms with Crippen LogP contribution in [-0.2, 0) is 6.54 Å². The molecule has 2 aromatic rings. The summed E-state index contributed by atoms with van der Waals surface area (Å²) in [6.45, 7) is 0.732. The van der Waals surface area contributed by atoms with Crippen molar-refractivity contribution in [1.82, 2.24) is 15.6 Å². The van der Waals surface area contributed by atoms with Gasteiger partial charge in [0.05, 0.1) is 5.52 Å². The first kappa shape index (κ1) is 19.8. The number of nitrogens with zero attached hydrogens (tertiary/aromatic N) is 3. The lowest BCUT2D eigenvalue weighted by Gasteiger charge is -2.19. The smallest absolute Gasteiger partial charge is 0.191 e. The Balaban J connectivity index is 0.00000225. The van der Waals surface area contributed by atoms with Gasteiger partial charge >= 0.3 is 0 Å². The molecule has 2 N–H and O–H groups in total. The fraction of sp³-hybridized carbons (Fsp3) is 0.474. The van der Waals surface area contributed by atoms with Crippen molar-refractivity contribution in [3.8, 4) is 0 Å². The van der Waals surface area contributed by atoms with E-state index in [1.807, 2.05) is 32.1 Å². The number of hydrogen-bond donors (Lipinski definition) is 2. The molecule has 6 heteroatoms. The molecule has 0 unspecified atom stereocenters. The summed E-state index contributed by atoms with van der Waals surface area (Å²) in [6.07, 6.45) is 5.11. The van der Waals surface area contributed by atoms with Gasteiger partial charge in [-0.05, 0) is 30.5 Å².